The molecular formula is C20H26N3O4S+. The number of carbonyl (C=O) groups excluding carboxylic acids is 1. The van der Waals surface area contributed by atoms with Crippen LogP contribution in [0.1, 0.15) is 17.3 Å². The van der Waals surface area contributed by atoms with Gasteiger partial charge in [-0.2, -0.15) is 4.31 Å². The minimum atomic E-state index is -3.52. The smallest absolute Gasteiger partial charge is 0.255 e. The summed E-state index contributed by atoms with van der Waals surface area (Å²) in [5.41, 5.74) is 1.04. The Balaban J connectivity index is 1.67. The zero-order chi connectivity index (χ0) is 20.1. The van der Waals surface area contributed by atoms with Gasteiger partial charge in [0, 0.05) is 11.3 Å². The van der Waals surface area contributed by atoms with Crippen molar-refractivity contribution >= 4 is 21.6 Å². The molecule has 2 aromatic rings. The average molecular weight is 405 g/mol. The highest BCUT2D eigenvalue weighted by Crippen LogP contribution is 2.19. The Morgan fingerprint density at radius 2 is 1.68 bits per heavy atom. The molecule has 8 heteroatoms. The summed E-state index contributed by atoms with van der Waals surface area (Å²) in [6, 6.07) is 13.2. The first-order valence-electron chi connectivity index (χ1n) is 9.36. The lowest BCUT2D eigenvalue weighted by Gasteiger charge is -2.29. The van der Waals surface area contributed by atoms with Gasteiger partial charge in [0.1, 0.15) is 5.75 Å². The Kier molecular flexibility index (Phi) is 6.33. The Morgan fingerprint density at radius 1 is 1.07 bits per heavy atom. The van der Waals surface area contributed by atoms with Crippen molar-refractivity contribution in [1.29, 1.82) is 0 Å². The maximum absolute atomic E-state index is 12.8. The average Bonchev–Trinajstić information content (AvgIpc) is 2.70. The molecule has 0 radical (unpaired) electrons. The summed E-state index contributed by atoms with van der Waals surface area (Å²) in [4.78, 5) is 14.0. The van der Waals surface area contributed by atoms with Gasteiger partial charge in [0.05, 0.1) is 44.7 Å². The van der Waals surface area contributed by atoms with E-state index in [0.29, 0.717) is 30.9 Å². The molecular weight excluding hydrogens is 378 g/mol. The second kappa shape index (κ2) is 8.72. The predicted molar refractivity (Wildman–Crippen MR) is 107 cm³/mol. The fourth-order valence-corrected chi connectivity index (χ4v) is 4.48. The minimum Gasteiger partial charge on any atom is -0.494 e. The Hall–Kier alpha value is -2.42. The summed E-state index contributed by atoms with van der Waals surface area (Å²) >= 11 is 0. The molecule has 1 aliphatic heterocycles. The number of quaternary nitrogens is 1. The molecule has 2 N–H and O–H groups in total. The largest absolute Gasteiger partial charge is 0.494 e. The van der Waals surface area contributed by atoms with Gasteiger partial charge in [-0.15, -0.1) is 0 Å². The third-order valence-electron chi connectivity index (χ3n) is 4.75. The molecule has 1 heterocycles. The maximum Gasteiger partial charge on any atom is 0.255 e. The molecule has 1 fully saturated rings. The minimum absolute atomic E-state index is 0.213. The van der Waals surface area contributed by atoms with Crippen LogP contribution in [0.5, 0.6) is 5.75 Å². The van der Waals surface area contributed by atoms with Crippen molar-refractivity contribution in [3.8, 4) is 5.75 Å². The number of anilines is 1. The van der Waals surface area contributed by atoms with Crippen molar-refractivity contribution in [1.82, 2.24) is 4.31 Å². The monoisotopic (exact) mass is 404 g/mol. The highest BCUT2D eigenvalue weighted by atomic mass is 32.2. The zero-order valence-electron chi connectivity index (χ0n) is 16.1. The van der Waals surface area contributed by atoms with Crippen LogP contribution < -0.4 is 15.0 Å². The molecule has 0 bridgehead atoms. The van der Waals surface area contributed by atoms with E-state index in [1.807, 2.05) is 6.92 Å². The van der Waals surface area contributed by atoms with Gasteiger partial charge in [-0.05, 0) is 55.5 Å². The van der Waals surface area contributed by atoms with Gasteiger partial charge in [0.15, 0.2) is 0 Å². The molecule has 0 spiro atoms. The van der Waals surface area contributed by atoms with Crippen molar-refractivity contribution in [3.63, 3.8) is 0 Å². The first-order valence-corrected chi connectivity index (χ1v) is 10.8. The molecule has 1 saturated heterocycles. The number of rotatable bonds is 6. The van der Waals surface area contributed by atoms with Gasteiger partial charge < -0.3 is 15.0 Å². The van der Waals surface area contributed by atoms with Crippen molar-refractivity contribution in [2.24, 2.45) is 0 Å². The Bertz CT molecular complexity index is 903. The zero-order valence-corrected chi connectivity index (χ0v) is 17.0. The van der Waals surface area contributed by atoms with Crippen LogP contribution in [0, 0.1) is 0 Å². The van der Waals surface area contributed by atoms with E-state index in [1.54, 1.807) is 24.3 Å². The number of carbonyl (C=O) groups is 1. The summed E-state index contributed by atoms with van der Waals surface area (Å²) in [6.45, 7) is 5.09. The standard InChI is InChI=1S/C20H25N3O4S/c1-3-27-18-8-6-17(7-9-18)21-20(24)16-4-10-19(11-5-16)28(25,26)23-14-12-22(2)13-15-23/h4-11H,3,12-15H2,1-2H3,(H,21,24)/p+1. The molecule has 7 nitrogen and oxygen atoms in total. The van der Waals surface area contributed by atoms with E-state index in [0.717, 1.165) is 18.8 Å². The van der Waals surface area contributed by atoms with Crippen molar-refractivity contribution in [3.05, 3.63) is 54.1 Å². The SMILES string of the molecule is CCOc1ccc(NC(=O)c2ccc(S(=O)(=O)N3CC[NH+](C)CC3)cc2)cc1. The van der Waals surface area contributed by atoms with E-state index in [1.165, 1.54) is 33.5 Å². The summed E-state index contributed by atoms with van der Waals surface area (Å²) in [7, 11) is -1.47. The number of amides is 1. The second-order valence-electron chi connectivity index (χ2n) is 6.80. The number of ether oxygens (including phenoxy) is 1. The van der Waals surface area contributed by atoms with Crippen LogP contribution >= 0.6 is 0 Å². The first-order chi connectivity index (χ1) is 13.4. The third-order valence-corrected chi connectivity index (χ3v) is 6.67. The molecule has 0 aromatic heterocycles. The normalized spacial score (nSPS) is 15.9. The van der Waals surface area contributed by atoms with Gasteiger partial charge in [0.2, 0.25) is 10.0 Å². The fourth-order valence-electron chi connectivity index (χ4n) is 3.04. The Labute approximate surface area is 166 Å². The Morgan fingerprint density at radius 3 is 2.25 bits per heavy atom. The van der Waals surface area contributed by atoms with Gasteiger partial charge in [0.25, 0.3) is 5.91 Å². The second-order valence-corrected chi connectivity index (χ2v) is 8.74. The summed E-state index contributed by atoms with van der Waals surface area (Å²) in [5, 5.41) is 2.80. The number of sulfonamides is 1. The van der Waals surface area contributed by atoms with Crippen molar-refractivity contribution in [2.45, 2.75) is 11.8 Å². The van der Waals surface area contributed by atoms with Gasteiger partial charge in [-0.3, -0.25) is 4.79 Å². The lowest BCUT2D eigenvalue weighted by molar-refractivity contribution is -0.883. The van der Waals surface area contributed by atoms with Crippen LogP contribution in [-0.2, 0) is 10.0 Å². The molecule has 2 aromatic carbocycles. The molecule has 0 atom stereocenters. The van der Waals surface area contributed by atoms with E-state index < -0.39 is 10.0 Å². The van der Waals surface area contributed by atoms with Crippen molar-refractivity contribution < 1.29 is 22.8 Å². The number of hydrogen-bond donors (Lipinski definition) is 2. The molecule has 1 amide bonds. The highest BCUT2D eigenvalue weighted by molar-refractivity contribution is 7.89. The number of nitrogens with one attached hydrogen (secondary N) is 2. The van der Waals surface area contributed by atoms with Gasteiger partial charge in [-0.1, -0.05) is 0 Å². The van der Waals surface area contributed by atoms with Gasteiger partial charge in [-0.25, -0.2) is 8.42 Å². The van der Waals surface area contributed by atoms with Gasteiger partial charge >= 0.3 is 0 Å². The number of nitrogens with zero attached hydrogens (tertiary/aromatic N) is 1. The van der Waals surface area contributed by atoms with Crippen LogP contribution in [0.3, 0.4) is 0 Å². The van der Waals surface area contributed by atoms with E-state index >= 15 is 0 Å². The molecule has 3 rings (SSSR count). The van der Waals surface area contributed by atoms with E-state index in [9.17, 15) is 13.2 Å². The summed E-state index contributed by atoms with van der Waals surface area (Å²) < 4.78 is 32.4. The molecule has 0 saturated carbocycles. The summed E-state index contributed by atoms with van der Waals surface area (Å²) in [6.07, 6.45) is 0. The molecule has 0 unspecified atom stereocenters. The number of piperazine rings is 1. The number of hydrogen-bond acceptors (Lipinski definition) is 4. The van der Waals surface area contributed by atoms with Crippen LogP contribution in [-0.4, -0.2) is 58.5 Å². The van der Waals surface area contributed by atoms with Crippen LogP contribution in [0.15, 0.2) is 53.4 Å². The third kappa shape index (κ3) is 4.70. The lowest BCUT2D eigenvalue weighted by atomic mass is 10.2. The molecule has 150 valence electrons. The predicted octanol–water partition coefficient (Wildman–Crippen LogP) is 0.857. The molecule has 28 heavy (non-hydrogen) atoms. The lowest BCUT2D eigenvalue weighted by Crippen LogP contribution is -3.12. The fraction of sp³-hybridized carbons (Fsp3) is 0.350. The quantitative estimate of drug-likeness (QED) is 0.748. The first kappa shape index (κ1) is 20.3. The van der Waals surface area contributed by atoms with Crippen LogP contribution in [0.2, 0.25) is 0 Å². The van der Waals surface area contributed by atoms with E-state index in [4.69, 9.17) is 4.74 Å². The van der Waals surface area contributed by atoms with E-state index in [2.05, 4.69) is 12.4 Å². The highest BCUT2D eigenvalue weighted by Gasteiger charge is 2.29. The van der Waals surface area contributed by atoms with Crippen LogP contribution in [0.25, 0.3) is 0 Å². The topological polar surface area (TPSA) is 80.1 Å². The number of benzene rings is 2. The number of likely N-dealkylation sites (N-methyl/N-ethyl adjacent to an activating group) is 1. The summed E-state index contributed by atoms with van der Waals surface area (Å²) in [5.74, 6) is 0.442. The van der Waals surface area contributed by atoms with Crippen molar-refractivity contribution in [2.75, 3.05) is 45.2 Å². The molecule has 1 aliphatic rings. The van der Waals surface area contributed by atoms with E-state index in [-0.39, 0.29) is 10.8 Å². The molecule has 0 aliphatic carbocycles. The maximum atomic E-state index is 12.8. The van der Waals surface area contributed by atoms with Crippen LogP contribution in [0.4, 0.5) is 5.69 Å².